The van der Waals surface area contributed by atoms with Crippen molar-refractivity contribution in [2.45, 2.75) is 149 Å². The van der Waals surface area contributed by atoms with E-state index in [4.69, 9.17) is 13.6 Å². The molecule has 6 heteroatoms. The Morgan fingerprint density at radius 1 is 0.872 bits per heavy atom. The van der Waals surface area contributed by atoms with Crippen LogP contribution in [0.4, 0.5) is 0 Å². The van der Waals surface area contributed by atoms with E-state index in [0.29, 0.717) is 47.2 Å². The Balaban J connectivity index is 1.59. The molecule has 0 heterocycles. The van der Waals surface area contributed by atoms with Gasteiger partial charge >= 0.3 is 5.97 Å². The SMILES string of the molecule is CC[Si](C)(C)O[C@H]1CC[C@@]2(C)[C@H](C1)C[C@H](O[Si](C)(C)CC)[C@@H]1[C@@H]2CC[C@]2(C)[C@@H]([C@H](C)CCC(=O)OC)CC[C@@H]12. The van der Waals surface area contributed by atoms with E-state index in [-0.39, 0.29) is 5.97 Å². The third kappa shape index (κ3) is 6.29. The lowest BCUT2D eigenvalue weighted by molar-refractivity contribution is -0.169. The van der Waals surface area contributed by atoms with Gasteiger partial charge in [0.15, 0.2) is 16.6 Å². The summed E-state index contributed by atoms with van der Waals surface area (Å²) >= 11 is 0. The first-order valence-corrected chi connectivity index (χ1v) is 22.8. The Morgan fingerprint density at radius 3 is 2.13 bits per heavy atom. The van der Waals surface area contributed by atoms with Gasteiger partial charge in [-0.3, -0.25) is 4.79 Å². The zero-order valence-corrected chi connectivity index (χ0v) is 29.2. The Bertz CT molecular complexity index is 861. The average molecular weight is 579 g/mol. The molecule has 0 bridgehead atoms. The number of carbonyl (C=O) groups is 1. The highest BCUT2D eigenvalue weighted by molar-refractivity contribution is 6.71. The molecule has 39 heavy (non-hydrogen) atoms. The molecule has 0 spiro atoms. The van der Waals surface area contributed by atoms with Gasteiger partial charge in [-0.15, -0.1) is 0 Å². The molecule has 0 aromatic rings. The highest BCUT2D eigenvalue weighted by atomic mass is 28.4. The van der Waals surface area contributed by atoms with E-state index in [2.05, 4.69) is 60.8 Å². The second-order valence-electron chi connectivity index (χ2n) is 15.9. The normalized spacial score (nSPS) is 41.3. The van der Waals surface area contributed by atoms with E-state index in [1.807, 2.05) is 0 Å². The van der Waals surface area contributed by atoms with Gasteiger partial charge in [-0.05, 0) is 142 Å². The summed E-state index contributed by atoms with van der Waals surface area (Å²) in [6, 6.07) is 2.40. The largest absolute Gasteiger partial charge is 0.469 e. The third-order valence-corrected chi connectivity index (χ3v) is 18.4. The highest BCUT2D eigenvalue weighted by Gasteiger charge is 2.63. The number of fused-ring (bicyclic) bond motifs is 5. The fourth-order valence-electron chi connectivity index (χ4n) is 10.0. The predicted molar refractivity (Wildman–Crippen MR) is 167 cm³/mol. The maximum Gasteiger partial charge on any atom is 0.305 e. The van der Waals surface area contributed by atoms with E-state index in [9.17, 15) is 4.79 Å². The van der Waals surface area contributed by atoms with Gasteiger partial charge in [0.05, 0.1) is 7.11 Å². The molecule has 4 fully saturated rings. The number of esters is 1. The standard InChI is InChI=1S/C33H62O4Si2/c1-11-38(7,8)36-25-17-19-32(4)24(21-25)22-29(37-39(9,10)12-2)31-27-15-14-26(23(3)13-16-30(34)35-6)33(27,5)20-18-28(31)32/h23-29,31H,11-22H2,1-10H3/t23-,24-,25+,26-,27+,28+,29+,31+,32+,33-/m1/s1. The van der Waals surface area contributed by atoms with Gasteiger partial charge in [-0.25, -0.2) is 0 Å². The number of hydrogen-bond acceptors (Lipinski definition) is 4. The summed E-state index contributed by atoms with van der Waals surface area (Å²) < 4.78 is 19.2. The molecule has 4 rings (SSSR count). The lowest BCUT2D eigenvalue weighted by Gasteiger charge is -2.64. The van der Waals surface area contributed by atoms with Crippen LogP contribution in [0.15, 0.2) is 0 Å². The molecule has 0 aromatic heterocycles. The quantitative estimate of drug-likeness (QED) is 0.192. The second kappa shape index (κ2) is 11.8. The Kier molecular flexibility index (Phi) is 9.64. The van der Waals surface area contributed by atoms with Crippen LogP contribution in [0, 0.1) is 46.3 Å². The van der Waals surface area contributed by atoms with E-state index in [1.165, 1.54) is 70.6 Å². The fraction of sp³-hybridized carbons (Fsp3) is 0.970. The van der Waals surface area contributed by atoms with Crippen molar-refractivity contribution in [3.63, 3.8) is 0 Å². The van der Waals surface area contributed by atoms with Crippen molar-refractivity contribution in [1.82, 2.24) is 0 Å². The summed E-state index contributed by atoms with van der Waals surface area (Å²) in [5, 5.41) is 0. The zero-order chi connectivity index (χ0) is 28.8. The summed E-state index contributed by atoms with van der Waals surface area (Å²) in [6.45, 7) is 22.1. The van der Waals surface area contributed by atoms with E-state index in [1.54, 1.807) is 0 Å². The van der Waals surface area contributed by atoms with Crippen LogP contribution in [0.3, 0.4) is 0 Å². The molecule has 0 saturated heterocycles. The summed E-state index contributed by atoms with van der Waals surface area (Å²) in [5.74, 6) is 4.19. The molecular formula is C33H62O4Si2. The Morgan fingerprint density at radius 2 is 1.49 bits per heavy atom. The van der Waals surface area contributed by atoms with Gasteiger partial charge < -0.3 is 13.6 Å². The topological polar surface area (TPSA) is 44.8 Å². The zero-order valence-electron chi connectivity index (χ0n) is 27.2. The molecule has 4 nitrogen and oxygen atoms in total. The first-order chi connectivity index (χ1) is 18.2. The number of carbonyl (C=O) groups excluding carboxylic acids is 1. The minimum Gasteiger partial charge on any atom is -0.469 e. The fourth-order valence-corrected chi connectivity index (χ4v) is 12.6. The molecular weight excluding hydrogens is 517 g/mol. The minimum atomic E-state index is -1.70. The highest BCUT2D eigenvalue weighted by Crippen LogP contribution is 2.69. The van der Waals surface area contributed by atoms with Crippen molar-refractivity contribution >= 4 is 22.6 Å². The molecule has 226 valence electrons. The number of rotatable bonds is 10. The van der Waals surface area contributed by atoms with Gasteiger partial charge in [0, 0.05) is 18.6 Å². The molecule has 10 atom stereocenters. The molecule has 0 aliphatic heterocycles. The van der Waals surface area contributed by atoms with E-state index >= 15 is 0 Å². The summed E-state index contributed by atoms with van der Waals surface area (Å²) in [4.78, 5) is 11.9. The summed E-state index contributed by atoms with van der Waals surface area (Å²) in [6.07, 6.45) is 12.9. The lowest BCUT2D eigenvalue weighted by atomic mass is 9.43. The van der Waals surface area contributed by atoms with Gasteiger partial charge in [-0.2, -0.15) is 0 Å². The van der Waals surface area contributed by atoms with Gasteiger partial charge in [0.1, 0.15) is 0 Å². The van der Waals surface area contributed by atoms with Crippen molar-refractivity contribution in [2.24, 2.45) is 46.3 Å². The van der Waals surface area contributed by atoms with Gasteiger partial charge in [0.2, 0.25) is 0 Å². The lowest BCUT2D eigenvalue weighted by Crippen LogP contribution is -2.60. The first-order valence-electron chi connectivity index (χ1n) is 16.6. The Labute approximate surface area is 243 Å². The van der Waals surface area contributed by atoms with Crippen molar-refractivity contribution in [3.8, 4) is 0 Å². The predicted octanol–water partition coefficient (Wildman–Crippen LogP) is 9.06. The number of hydrogen-bond donors (Lipinski definition) is 0. The van der Waals surface area contributed by atoms with Gasteiger partial charge in [0.25, 0.3) is 0 Å². The summed E-state index contributed by atoms with van der Waals surface area (Å²) in [5.41, 5.74) is 0.798. The maximum absolute atomic E-state index is 11.9. The van der Waals surface area contributed by atoms with Crippen LogP contribution in [-0.4, -0.2) is 41.9 Å². The molecule has 4 aliphatic carbocycles. The second-order valence-corrected chi connectivity index (χ2v) is 24.9. The van der Waals surface area contributed by atoms with Crippen molar-refractivity contribution in [1.29, 1.82) is 0 Å². The third-order valence-electron chi connectivity index (χ3n) is 13.1. The maximum atomic E-state index is 11.9. The summed E-state index contributed by atoms with van der Waals surface area (Å²) in [7, 11) is -1.73. The van der Waals surface area contributed by atoms with Crippen molar-refractivity contribution < 1.29 is 18.4 Å². The Hall–Kier alpha value is -0.176. The number of ether oxygens (including phenoxy) is 1. The van der Waals surface area contributed by atoms with Gasteiger partial charge in [-0.1, -0.05) is 34.6 Å². The van der Waals surface area contributed by atoms with Crippen LogP contribution < -0.4 is 0 Å². The average Bonchev–Trinajstić information content (AvgIpc) is 3.24. The number of methoxy groups -OCH3 is 1. The molecule has 0 radical (unpaired) electrons. The van der Waals surface area contributed by atoms with Crippen molar-refractivity contribution in [2.75, 3.05) is 7.11 Å². The smallest absolute Gasteiger partial charge is 0.305 e. The van der Waals surface area contributed by atoms with Crippen LogP contribution in [0.25, 0.3) is 0 Å². The first kappa shape index (κ1) is 31.8. The molecule has 4 aliphatic rings. The molecule has 0 N–H and O–H groups in total. The van der Waals surface area contributed by atoms with Crippen LogP contribution in [-0.2, 0) is 18.4 Å². The molecule has 0 amide bonds. The van der Waals surface area contributed by atoms with Crippen LogP contribution >= 0.6 is 0 Å². The molecule has 0 aromatic carbocycles. The molecule has 4 saturated carbocycles. The molecule has 0 unspecified atom stereocenters. The van der Waals surface area contributed by atoms with Crippen molar-refractivity contribution in [3.05, 3.63) is 0 Å². The van der Waals surface area contributed by atoms with E-state index in [0.717, 1.165) is 24.2 Å². The van der Waals surface area contributed by atoms with Crippen LogP contribution in [0.5, 0.6) is 0 Å². The van der Waals surface area contributed by atoms with E-state index < -0.39 is 16.6 Å². The van der Waals surface area contributed by atoms with Crippen LogP contribution in [0.1, 0.15) is 98.8 Å². The monoisotopic (exact) mass is 578 g/mol. The minimum absolute atomic E-state index is 0.0544. The van der Waals surface area contributed by atoms with Crippen LogP contribution in [0.2, 0.25) is 38.3 Å².